The number of aromatic nitrogens is 5. The fourth-order valence-corrected chi connectivity index (χ4v) is 2.51. The first-order valence-corrected chi connectivity index (χ1v) is 7.64. The smallest absolute Gasteiger partial charge is 0.388 e. The molecule has 3 rings (SSSR count). The van der Waals surface area contributed by atoms with E-state index in [0.29, 0.717) is 11.4 Å². The van der Waals surface area contributed by atoms with Crippen molar-refractivity contribution in [2.24, 2.45) is 7.05 Å². The molecule has 10 heteroatoms. The van der Waals surface area contributed by atoms with E-state index in [-0.39, 0.29) is 22.3 Å². The first-order chi connectivity index (χ1) is 12.5. The van der Waals surface area contributed by atoms with Crippen LogP contribution in [0.1, 0.15) is 17.0 Å². The number of halogens is 3. The number of nitriles is 1. The number of hydrogen-bond donors (Lipinski definition) is 0. The van der Waals surface area contributed by atoms with Gasteiger partial charge < -0.3 is 4.74 Å². The van der Waals surface area contributed by atoms with E-state index >= 15 is 0 Å². The number of alkyl halides is 2. The summed E-state index contributed by atoms with van der Waals surface area (Å²) in [5.74, 6) is -0.239. The van der Waals surface area contributed by atoms with Crippen molar-refractivity contribution >= 4 is 23.8 Å². The van der Waals surface area contributed by atoms with Crippen LogP contribution in [0.25, 0.3) is 18.0 Å². The van der Waals surface area contributed by atoms with E-state index < -0.39 is 6.61 Å². The van der Waals surface area contributed by atoms with Crippen LogP contribution in [-0.2, 0) is 7.05 Å². The Hall–Kier alpha value is -3.25. The second kappa shape index (κ2) is 7.33. The molecule has 7 nitrogen and oxygen atoms in total. The average Bonchev–Trinajstić information content (AvgIpc) is 3.16. The minimum atomic E-state index is -3.05. The predicted octanol–water partition coefficient (Wildman–Crippen LogP) is 3.30. The van der Waals surface area contributed by atoms with Gasteiger partial charge in [-0.05, 0) is 24.3 Å². The lowest BCUT2D eigenvalue weighted by atomic mass is 10.2. The molecule has 26 heavy (non-hydrogen) atoms. The average molecular weight is 377 g/mol. The fraction of sp³-hybridized carbons (Fsp3) is 0.125. The zero-order valence-corrected chi connectivity index (χ0v) is 14.1. The molecule has 0 atom stereocenters. The normalized spacial score (nSPS) is 11.2. The summed E-state index contributed by atoms with van der Waals surface area (Å²) < 4.78 is 31.8. The Bertz CT molecular complexity index is 990. The van der Waals surface area contributed by atoms with Crippen molar-refractivity contribution in [3.8, 4) is 17.8 Å². The number of hydrogen-bond acceptors (Lipinski definition) is 5. The van der Waals surface area contributed by atoms with Gasteiger partial charge in [-0.2, -0.15) is 19.1 Å². The third kappa shape index (κ3) is 3.41. The van der Waals surface area contributed by atoms with E-state index in [1.54, 1.807) is 30.5 Å². The third-order valence-corrected chi connectivity index (χ3v) is 3.68. The molecule has 3 heterocycles. The summed E-state index contributed by atoms with van der Waals surface area (Å²) in [5.41, 5.74) is 1.30. The van der Waals surface area contributed by atoms with E-state index in [0.717, 1.165) is 4.68 Å². The zero-order chi connectivity index (χ0) is 18.7. The third-order valence-electron chi connectivity index (χ3n) is 3.35. The molecule has 0 aromatic carbocycles. The number of aryl methyl sites for hydroxylation is 1. The molecule has 0 aliphatic rings. The highest BCUT2D eigenvalue weighted by Gasteiger charge is 2.23. The molecular weight excluding hydrogens is 366 g/mol. The molecule has 0 saturated carbocycles. The van der Waals surface area contributed by atoms with Gasteiger partial charge in [0.25, 0.3) is 0 Å². The number of pyridine rings is 1. The molecule has 0 amide bonds. The molecule has 0 N–H and O–H groups in total. The molecular formula is C16H11ClF2N6O. The molecule has 0 radical (unpaired) electrons. The van der Waals surface area contributed by atoms with Gasteiger partial charge in [0.15, 0.2) is 5.82 Å². The van der Waals surface area contributed by atoms with Crippen molar-refractivity contribution in [2.45, 2.75) is 6.61 Å². The van der Waals surface area contributed by atoms with Crippen LogP contribution in [-0.4, -0.2) is 31.2 Å². The maximum atomic E-state index is 12.5. The van der Waals surface area contributed by atoms with Crippen molar-refractivity contribution < 1.29 is 13.5 Å². The van der Waals surface area contributed by atoms with Gasteiger partial charge in [-0.25, -0.2) is 9.36 Å². The summed E-state index contributed by atoms with van der Waals surface area (Å²) in [4.78, 5) is 4.16. The van der Waals surface area contributed by atoms with Gasteiger partial charge in [-0.1, -0.05) is 17.7 Å². The number of nitrogens with zero attached hydrogens (tertiary/aromatic N) is 6. The van der Waals surface area contributed by atoms with Crippen LogP contribution in [0.5, 0.6) is 5.88 Å². The SMILES string of the molecule is Cn1nc(-n2ncc(C#N)c2C=Cc2ccccn2)c(Cl)c1OC(F)F. The van der Waals surface area contributed by atoms with E-state index in [4.69, 9.17) is 11.6 Å². The Morgan fingerprint density at radius 3 is 2.81 bits per heavy atom. The highest BCUT2D eigenvalue weighted by atomic mass is 35.5. The fourth-order valence-electron chi connectivity index (χ4n) is 2.23. The van der Waals surface area contributed by atoms with Gasteiger partial charge in [0.2, 0.25) is 5.88 Å². The van der Waals surface area contributed by atoms with Crippen molar-refractivity contribution in [1.29, 1.82) is 5.26 Å². The molecule has 0 bridgehead atoms. The quantitative estimate of drug-likeness (QED) is 0.682. The van der Waals surface area contributed by atoms with Gasteiger partial charge >= 0.3 is 6.61 Å². The molecule has 132 valence electrons. The molecule has 0 aliphatic carbocycles. The Kier molecular flexibility index (Phi) is 4.95. The van der Waals surface area contributed by atoms with Crippen LogP contribution in [0.15, 0.2) is 30.6 Å². The van der Waals surface area contributed by atoms with E-state index in [2.05, 4.69) is 19.9 Å². The number of ether oxygens (including phenoxy) is 1. The Balaban J connectivity index is 2.06. The topological polar surface area (TPSA) is 81.5 Å². The Morgan fingerprint density at radius 1 is 1.35 bits per heavy atom. The summed E-state index contributed by atoms with van der Waals surface area (Å²) in [5, 5.41) is 17.3. The summed E-state index contributed by atoms with van der Waals surface area (Å²) in [6.45, 7) is -3.05. The van der Waals surface area contributed by atoms with Crippen LogP contribution in [0.4, 0.5) is 8.78 Å². The molecule has 0 unspecified atom stereocenters. The molecule has 0 aliphatic heterocycles. The molecule has 0 fully saturated rings. The van der Waals surface area contributed by atoms with Crippen LogP contribution >= 0.6 is 11.6 Å². The van der Waals surface area contributed by atoms with Crippen LogP contribution in [0, 0.1) is 11.3 Å². The van der Waals surface area contributed by atoms with Crippen molar-refractivity contribution in [3.05, 3.63) is 52.6 Å². The standard InChI is InChI=1S/C16H11ClF2N6O/c1-24-15(26-16(18)19)13(17)14(23-24)25-12(10(8-20)9-22-25)6-5-11-4-2-3-7-21-11/h2-7,9,16H,1H3. The van der Waals surface area contributed by atoms with Gasteiger partial charge in [0.05, 0.1) is 23.1 Å². The van der Waals surface area contributed by atoms with E-state index in [1.807, 2.05) is 12.1 Å². The summed E-state index contributed by atoms with van der Waals surface area (Å²) >= 11 is 6.13. The lowest BCUT2D eigenvalue weighted by Crippen LogP contribution is -2.06. The molecule has 0 saturated heterocycles. The van der Waals surface area contributed by atoms with Gasteiger partial charge in [0, 0.05) is 13.2 Å². The molecule has 3 aromatic heterocycles. The maximum absolute atomic E-state index is 12.5. The molecule has 3 aromatic rings. The molecule has 0 spiro atoms. The van der Waals surface area contributed by atoms with Crippen LogP contribution in [0.2, 0.25) is 5.02 Å². The second-order valence-corrected chi connectivity index (χ2v) is 5.38. The van der Waals surface area contributed by atoms with E-state index in [9.17, 15) is 14.0 Å². The van der Waals surface area contributed by atoms with Gasteiger partial charge in [-0.15, -0.1) is 5.10 Å². The Morgan fingerprint density at radius 2 is 2.15 bits per heavy atom. The minimum absolute atomic E-state index is 0.0620. The second-order valence-electron chi connectivity index (χ2n) is 5.00. The first-order valence-electron chi connectivity index (χ1n) is 7.26. The zero-order valence-electron chi connectivity index (χ0n) is 13.3. The van der Waals surface area contributed by atoms with Crippen molar-refractivity contribution in [1.82, 2.24) is 24.5 Å². The van der Waals surface area contributed by atoms with Crippen molar-refractivity contribution in [2.75, 3.05) is 0 Å². The minimum Gasteiger partial charge on any atom is -0.415 e. The maximum Gasteiger partial charge on any atom is 0.388 e. The lowest BCUT2D eigenvalue weighted by Gasteiger charge is -2.04. The predicted molar refractivity (Wildman–Crippen MR) is 89.9 cm³/mol. The van der Waals surface area contributed by atoms with Crippen LogP contribution in [0.3, 0.4) is 0 Å². The van der Waals surface area contributed by atoms with Crippen molar-refractivity contribution in [3.63, 3.8) is 0 Å². The van der Waals surface area contributed by atoms with Gasteiger partial charge in [0.1, 0.15) is 11.1 Å². The summed E-state index contributed by atoms with van der Waals surface area (Å²) in [6.07, 6.45) is 6.26. The van der Waals surface area contributed by atoms with E-state index in [1.165, 1.54) is 17.9 Å². The summed E-state index contributed by atoms with van der Waals surface area (Å²) in [6, 6.07) is 7.39. The van der Waals surface area contributed by atoms with Gasteiger partial charge in [-0.3, -0.25) is 4.98 Å². The largest absolute Gasteiger partial charge is 0.415 e. The first kappa shape index (κ1) is 17.6. The Labute approximate surface area is 151 Å². The highest BCUT2D eigenvalue weighted by molar-refractivity contribution is 6.33. The monoisotopic (exact) mass is 376 g/mol. The summed E-state index contributed by atoms with van der Waals surface area (Å²) in [7, 11) is 1.41. The lowest BCUT2D eigenvalue weighted by molar-refractivity contribution is -0.0552. The van der Waals surface area contributed by atoms with Crippen LogP contribution < -0.4 is 4.74 Å². The number of rotatable bonds is 5. The highest BCUT2D eigenvalue weighted by Crippen LogP contribution is 2.32.